The van der Waals surface area contributed by atoms with Gasteiger partial charge in [0.05, 0.1) is 24.0 Å². The van der Waals surface area contributed by atoms with Gasteiger partial charge >= 0.3 is 6.18 Å². The van der Waals surface area contributed by atoms with E-state index in [1.54, 1.807) is 13.8 Å². The lowest BCUT2D eigenvalue weighted by atomic mass is 9.97. The minimum Gasteiger partial charge on any atom is -0.478 e. The zero-order valence-electron chi connectivity index (χ0n) is 20.4. The van der Waals surface area contributed by atoms with Crippen LogP contribution in [-0.2, 0) is 9.59 Å². The molecule has 9 nitrogen and oxygen atoms in total. The van der Waals surface area contributed by atoms with Crippen molar-refractivity contribution in [2.75, 3.05) is 11.9 Å². The van der Waals surface area contributed by atoms with E-state index in [0.717, 1.165) is 26.0 Å². The van der Waals surface area contributed by atoms with E-state index >= 15 is 0 Å². The minimum absolute atomic E-state index is 0.0782. The highest BCUT2D eigenvalue weighted by Crippen LogP contribution is 2.36. The highest BCUT2D eigenvalue weighted by atomic mass is 19.4. The topological polar surface area (TPSA) is 111 Å². The van der Waals surface area contributed by atoms with Crippen molar-refractivity contribution in [1.82, 2.24) is 25.1 Å². The monoisotopic (exact) mass is 520 g/mol. The Bertz CT molecular complexity index is 1340. The first kappa shape index (κ1) is 26.0. The molecule has 2 atom stereocenters. The minimum atomic E-state index is -4.70. The molecule has 1 aliphatic heterocycles. The highest BCUT2D eigenvalue weighted by Gasteiger charge is 2.50. The third kappa shape index (κ3) is 5.39. The van der Waals surface area contributed by atoms with Gasteiger partial charge in [-0.3, -0.25) is 9.59 Å². The molecule has 0 aliphatic carbocycles. The van der Waals surface area contributed by atoms with Gasteiger partial charge in [-0.15, -0.1) is 5.10 Å². The lowest BCUT2D eigenvalue weighted by Crippen LogP contribution is -2.44. The second-order valence-corrected chi connectivity index (χ2v) is 9.23. The number of amides is 2. The van der Waals surface area contributed by atoms with Gasteiger partial charge in [0.1, 0.15) is 23.1 Å². The van der Waals surface area contributed by atoms with Gasteiger partial charge in [0.2, 0.25) is 11.8 Å². The summed E-state index contributed by atoms with van der Waals surface area (Å²) in [7, 11) is 0. The number of carbonyl (C=O) groups is 2. The number of hydrogen-bond donors (Lipinski definition) is 2. The quantitative estimate of drug-likeness (QED) is 0.478. The summed E-state index contributed by atoms with van der Waals surface area (Å²) in [6.45, 7) is 5.16. The van der Waals surface area contributed by atoms with E-state index in [0.29, 0.717) is 11.5 Å². The molecule has 2 aromatic heterocycles. The Morgan fingerprint density at radius 1 is 1.16 bits per heavy atom. The van der Waals surface area contributed by atoms with Crippen molar-refractivity contribution in [3.8, 4) is 22.7 Å². The van der Waals surface area contributed by atoms with Gasteiger partial charge in [0, 0.05) is 30.2 Å². The smallest absolute Gasteiger partial charge is 0.427 e. The Morgan fingerprint density at radius 2 is 1.84 bits per heavy atom. The Hall–Kier alpha value is -4.03. The Morgan fingerprint density at radius 3 is 2.43 bits per heavy atom. The number of carbonyl (C=O) groups excluding carboxylic acids is 2. The van der Waals surface area contributed by atoms with Crippen LogP contribution in [0, 0.1) is 24.6 Å². The summed E-state index contributed by atoms with van der Waals surface area (Å²) in [6.07, 6.45) is -1.80. The Balaban J connectivity index is 1.74. The van der Waals surface area contributed by atoms with E-state index in [1.807, 2.05) is 0 Å². The number of alkyl halides is 3. The first-order valence-electron chi connectivity index (χ1n) is 11.3. The first-order chi connectivity index (χ1) is 17.2. The number of ether oxygens (including phenoxy) is 1. The van der Waals surface area contributed by atoms with Crippen LogP contribution in [0.2, 0.25) is 0 Å². The van der Waals surface area contributed by atoms with E-state index in [2.05, 4.69) is 25.7 Å². The molecule has 1 saturated heterocycles. The lowest BCUT2D eigenvalue weighted by Gasteiger charge is -2.29. The summed E-state index contributed by atoms with van der Waals surface area (Å²) in [5.41, 5.74) is -1.86. The Kier molecular flexibility index (Phi) is 6.65. The number of nitrogens with one attached hydrogen (secondary N) is 2. The molecule has 0 bridgehead atoms. The van der Waals surface area contributed by atoms with Crippen LogP contribution in [-0.4, -0.2) is 49.9 Å². The average Bonchev–Trinajstić information content (AvgIpc) is 3.36. The summed E-state index contributed by atoms with van der Waals surface area (Å²) < 4.78 is 61.0. The summed E-state index contributed by atoms with van der Waals surface area (Å²) in [5, 5.41) is 9.65. The second-order valence-electron chi connectivity index (χ2n) is 9.23. The third-order valence-corrected chi connectivity index (χ3v) is 6.05. The van der Waals surface area contributed by atoms with Crippen LogP contribution < -0.4 is 15.4 Å². The van der Waals surface area contributed by atoms with Crippen LogP contribution in [0.5, 0.6) is 5.75 Å². The predicted octanol–water partition coefficient (Wildman–Crippen LogP) is 3.82. The van der Waals surface area contributed by atoms with Crippen molar-refractivity contribution < 1.29 is 31.9 Å². The van der Waals surface area contributed by atoms with Gasteiger partial charge in [-0.05, 0) is 32.9 Å². The molecule has 2 amide bonds. The summed E-state index contributed by atoms with van der Waals surface area (Å²) >= 11 is 0. The molecule has 196 valence electrons. The molecule has 3 aromatic rings. The van der Waals surface area contributed by atoms with Crippen molar-refractivity contribution in [3.63, 3.8) is 0 Å². The molecule has 2 N–H and O–H groups in total. The molecule has 0 saturated carbocycles. The van der Waals surface area contributed by atoms with Crippen LogP contribution in [0.1, 0.15) is 26.6 Å². The molecular weight excluding hydrogens is 496 g/mol. The van der Waals surface area contributed by atoms with Crippen LogP contribution in [0.15, 0.2) is 36.7 Å². The van der Waals surface area contributed by atoms with E-state index < -0.39 is 35.3 Å². The van der Waals surface area contributed by atoms with Crippen molar-refractivity contribution >= 4 is 17.6 Å². The van der Waals surface area contributed by atoms with Gasteiger partial charge in [-0.2, -0.15) is 13.2 Å². The lowest BCUT2D eigenvalue weighted by molar-refractivity contribution is -0.234. The average molecular weight is 520 g/mol. The standard InChI is InChI=1S/C24H24F4N6O3/c1-12-18(11-31-21(12)35)22(36)32-20-8-19(34(33-20)16-9-29-13(2)30-10-16)14-5-15(25)7-17(6-14)37-23(3,4)24(26,27)28/h5-10,12,18H,11H2,1-4H3,(H,31,35)(H,32,33,36)/t12-,18+/m1/s1. The second kappa shape index (κ2) is 9.45. The normalized spacial score (nSPS) is 18.0. The number of nitrogens with zero attached hydrogens (tertiary/aromatic N) is 4. The summed E-state index contributed by atoms with van der Waals surface area (Å²) in [4.78, 5) is 32.8. The fourth-order valence-electron chi connectivity index (χ4n) is 3.73. The molecule has 1 fully saturated rings. The van der Waals surface area contributed by atoms with Gasteiger partial charge in [0.25, 0.3) is 0 Å². The van der Waals surface area contributed by atoms with Gasteiger partial charge < -0.3 is 15.4 Å². The van der Waals surface area contributed by atoms with Gasteiger partial charge in [-0.1, -0.05) is 6.92 Å². The molecule has 0 spiro atoms. The van der Waals surface area contributed by atoms with Crippen molar-refractivity contribution in [2.45, 2.75) is 39.5 Å². The molecule has 1 aromatic carbocycles. The molecule has 3 heterocycles. The number of benzene rings is 1. The number of rotatable bonds is 6. The maximum atomic E-state index is 14.5. The predicted molar refractivity (Wildman–Crippen MR) is 124 cm³/mol. The zero-order valence-corrected chi connectivity index (χ0v) is 20.4. The molecule has 4 rings (SSSR count). The number of hydrogen-bond acceptors (Lipinski definition) is 6. The third-order valence-electron chi connectivity index (χ3n) is 6.05. The van der Waals surface area contributed by atoms with Gasteiger partial charge in [0.15, 0.2) is 11.4 Å². The molecule has 0 radical (unpaired) electrons. The van der Waals surface area contributed by atoms with E-state index in [4.69, 9.17) is 4.74 Å². The number of aromatic nitrogens is 4. The maximum Gasteiger partial charge on any atom is 0.427 e. The number of halogens is 4. The SMILES string of the molecule is Cc1ncc(-n2nc(NC(=O)[C@H]3CNC(=O)[C@@H]3C)cc2-c2cc(F)cc(OC(C)(C)C(F)(F)F)c2)cn1. The largest absolute Gasteiger partial charge is 0.478 e. The number of anilines is 1. The van der Waals surface area contributed by atoms with Crippen LogP contribution >= 0.6 is 0 Å². The summed E-state index contributed by atoms with van der Waals surface area (Å²) in [5.74, 6) is -2.47. The van der Waals surface area contributed by atoms with Crippen molar-refractivity contribution in [3.05, 3.63) is 48.3 Å². The molecule has 0 unspecified atom stereocenters. The van der Waals surface area contributed by atoms with E-state index in [9.17, 15) is 27.2 Å². The fourth-order valence-corrected chi connectivity index (χ4v) is 3.73. The Labute approximate surface area is 209 Å². The van der Waals surface area contributed by atoms with E-state index in [-0.39, 0.29) is 35.3 Å². The van der Waals surface area contributed by atoms with Crippen molar-refractivity contribution in [1.29, 1.82) is 0 Å². The van der Waals surface area contributed by atoms with Crippen LogP contribution in [0.25, 0.3) is 16.9 Å². The van der Waals surface area contributed by atoms with E-state index in [1.165, 1.54) is 29.2 Å². The van der Waals surface area contributed by atoms with Crippen LogP contribution in [0.3, 0.4) is 0 Å². The molecule has 13 heteroatoms. The summed E-state index contributed by atoms with van der Waals surface area (Å²) in [6, 6.07) is 4.62. The van der Waals surface area contributed by atoms with Crippen molar-refractivity contribution in [2.24, 2.45) is 11.8 Å². The zero-order chi connectivity index (χ0) is 27.1. The highest BCUT2D eigenvalue weighted by molar-refractivity contribution is 5.98. The first-order valence-corrected chi connectivity index (χ1v) is 11.3. The van der Waals surface area contributed by atoms with Crippen LogP contribution in [0.4, 0.5) is 23.4 Å². The fraction of sp³-hybridized carbons (Fsp3) is 0.375. The maximum absolute atomic E-state index is 14.5. The number of aryl methyl sites for hydroxylation is 1. The molecule has 37 heavy (non-hydrogen) atoms. The van der Waals surface area contributed by atoms with Gasteiger partial charge in [-0.25, -0.2) is 19.0 Å². The molecule has 1 aliphatic rings. The molecular formula is C24H24F4N6O3.